The van der Waals surface area contributed by atoms with Gasteiger partial charge in [0.25, 0.3) is 5.91 Å². The Kier molecular flexibility index (Phi) is 6.53. The van der Waals surface area contributed by atoms with Crippen LogP contribution in [0, 0.1) is 6.92 Å². The molecule has 28 heavy (non-hydrogen) atoms. The van der Waals surface area contributed by atoms with Crippen molar-refractivity contribution in [2.45, 2.75) is 41.0 Å². The summed E-state index contributed by atoms with van der Waals surface area (Å²) in [5.41, 5.74) is 0.947. The fraction of sp³-hybridized carbons (Fsp3) is 0.278. The number of amides is 1. The van der Waals surface area contributed by atoms with Crippen LogP contribution < -0.4 is 5.32 Å². The topological polar surface area (TPSA) is 102 Å². The molecule has 7 nitrogen and oxygen atoms in total. The van der Waals surface area contributed by atoms with E-state index in [4.69, 9.17) is 4.42 Å². The van der Waals surface area contributed by atoms with E-state index in [0.717, 1.165) is 28.5 Å². The van der Waals surface area contributed by atoms with Gasteiger partial charge < -0.3 is 4.42 Å². The van der Waals surface area contributed by atoms with E-state index >= 15 is 0 Å². The molecule has 0 aliphatic heterocycles. The second kappa shape index (κ2) is 8.89. The third-order valence-electron chi connectivity index (χ3n) is 3.75. The predicted molar refractivity (Wildman–Crippen MR) is 109 cm³/mol. The van der Waals surface area contributed by atoms with Crippen molar-refractivity contribution in [3.8, 4) is 0 Å². The van der Waals surface area contributed by atoms with E-state index in [1.54, 1.807) is 23.9 Å². The summed E-state index contributed by atoms with van der Waals surface area (Å²) < 4.78 is 31.3. The average Bonchev–Trinajstić information content (AvgIpc) is 3.32. The first-order valence-electron chi connectivity index (χ1n) is 8.59. The van der Waals surface area contributed by atoms with Gasteiger partial charge in [-0.3, -0.25) is 10.1 Å². The van der Waals surface area contributed by atoms with Crippen LogP contribution in [0.4, 0.5) is 5.13 Å². The number of hydrogen-bond acceptors (Lipinski definition) is 8. The maximum atomic E-state index is 12.6. The number of nitrogens with one attached hydrogen (secondary N) is 1. The highest BCUT2D eigenvalue weighted by molar-refractivity contribution is 8.01. The lowest BCUT2D eigenvalue weighted by Crippen LogP contribution is -2.10. The number of aryl methyl sites for hydroxylation is 1. The molecule has 3 aromatic rings. The Labute approximate surface area is 171 Å². The van der Waals surface area contributed by atoms with E-state index in [1.165, 1.54) is 35.6 Å². The maximum Gasteiger partial charge on any atom is 0.293 e. The number of aromatic nitrogens is 2. The summed E-state index contributed by atoms with van der Waals surface area (Å²) in [7, 11) is -3.83. The van der Waals surface area contributed by atoms with Gasteiger partial charge in [-0.15, -0.1) is 10.2 Å². The van der Waals surface area contributed by atoms with Gasteiger partial charge in [-0.25, -0.2) is 8.42 Å². The Balaban J connectivity index is 1.69. The van der Waals surface area contributed by atoms with E-state index in [1.807, 2.05) is 6.92 Å². The van der Waals surface area contributed by atoms with Gasteiger partial charge in [0, 0.05) is 5.75 Å². The molecule has 0 spiro atoms. The number of benzene rings is 1. The van der Waals surface area contributed by atoms with E-state index in [0.29, 0.717) is 5.13 Å². The lowest BCUT2D eigenvalue weighted by Gasteiger charge is -2.02. The van der Waals surface area contributed by atoms with E-state index in [2.05, 4.69) is 22.4 Å². The fourth-order valence-corrected chi connectivity index (χ4v) is 5.28. The van der Waals surface area contributed by atoms with Crippen LogP contribution in [0.15, 0.2) is 55.1 Å². The summed E-state index contributed by atoms with van der Waals surface area (Å²) in [5, 5.41) is 10.6. The number of anilines is 1. The standard InChI is InChI=1S/C18H19N3O4S3/c1-3-4-11-26-18-21-20-17(27-18)19-16(22)14-9-10-15(25-14)28(23,24)13-7-5-12(2)6-8-13/h5-10H,3-4,11H2,1-2H3,(H,19,20,22). The minimum absolute atomic E-state index is 0.109. The zero-order valence-corrected chi connectivity index (χ0v) is 17.8. The number of unbranched alkanes of at least 4 members (excludes halogenated alkanes) is 1. The minimum Gasteiger partial charge on any atom is -0.439 e. The van der Waals surface area contributed by atoms with E-state index < -0.39 is 15.7 Å². The highest BCUT2D eigenvalue weighted by atomic mass is 32.2. The van der Waals surface area contributed by atoms with Gasteiger partial charge in [0.05, 0.1) is 4.90 Å². The van der Waals surface area contributed by atoms with Gasteiger partial charge in [0.2, 0.25) is 20.1 Å². The summed E-state index contributed by atoms with van der Waals surface area (Å²) in [6, 6.07) is 9.02. The fourth-order valence-electron chi connectivity index (χ4n) is 2.20. The van der Waals surface area contributed by atoms with Crippen molar-refractivity contribution < 1.29 is 17.6 Å². The van der Waals surface area contributed by atoms with Crippen molar-refractivity contribution in [3.05, 3.63) is 47.7 Å². The van der Waals surface area contributed by atoms with Crippen molar-refractivity contribution in [2.75, 3.05) is 11.1 Å². The van der Waals surface area contributed by atoms with Crippen molar-refractivity contribution in [3.63, 3.8) is 0 Å². The number of rotatable bonds is 8. The molecule has 0 unspecified atom stereocenters. The van der Waals surface area contributed by atoms with Gasteiger partial charge in [-0.2, -0.15) is 0 Å². The molecule has 2 aromatic heterocycles. The van der Waals surface area contributed by atoms with Crippen LogP contribution in [0.2, 0.25) is 0 Å². The summed E-state index contributed by atoms with van der Waals surface area (Å²) in [6.45, 7) is 3.98. The number of nitrogens with zero attached hydrogens (tertiary/aromatic N) is 2. The highest BCUT2D eigenvalue weighted by Gasteiger charge is 2.24. The van der Waals surface area contributed by atoms with Crippen LogP contribution in [-0.4, -0.2) is 30.3 Å². The molecule has 1 amide bonds. The Morgan fingerprint density at radius 1 is 1.18 bits per heavy atom. The van der Waals surface area contributed by atoms with Gasteiger partial charge in [-0.1, -0.05) is 54.1 Å². The van der Waals surface area contributed by atoms with Crippen molar-refractivity contribution in [1.82, 2.24) is 10.2 Å². The van der Waals surface area contributed by atoms with Crippen LogP contribution in [0.1, 0.15) is 35.9 Å². The van der Waals surface area contributed by atoms with Crippen molar-refractivity contribution in [2.24, 2.45) is 0 Å². The molecule has 0 bridgehead atoms. The highest BCUT2D eigenvalue weighted by Crippen LogP contribution is 2.27. The normalized spacial score (nSPS) is 11.5. The molecule has 0 saturated carbocycles. The third-order valence-corrected chi connectivity index (χ3v) is 7.45. The first kappa shape index (κ1) is 20.6. The van der Waals surface area contributed by atoms with Gasteiger partial charge >= 0.3 is 0 Å². The summed E-state index contributed by atoms with van der Waals surface area (Å²) in [4.78, 5) is 12.4. The van der Waals surface area contributed by atoms with Gasteiger partial charge in [-0.05, 0) is 37.6 Å². The minimum atomic E-state index is -3.83. The SMILES string of the molecule is CCCCSc1nnc(NC(=O)c2ccc(S(=O)(=O)c3ccc(C)cc3)o2)s1. The molecule has 3 rings (SSSR count). The molecule has 1 N–H and O–H groups in total. The van der Waals surface area contributed by atoms with Crippen LogP contribution in [0.25, 0.3) is 0 Å². The molecule has 10 heteroatoms. The van der Waals surface area contributed by atoms with E-state index in [-0.39, 0.29) is 15.7 Å². The Hall–Kier alpha value is -2.17. The Morgan fingerprint density at radius 3 is 2.64 bits per heavy atom. The first-order valence-corrected chi connectivity index (χ1v) is 11.9. The molecule has 0 aliphatic rings. The first-order chi connectivity index (χ1) is 13.4. The zero-order valence-electron chi connectivity index (χ0n) is 15.3. The van der Waals surface area contributed by atoms with Crippen LogP contribution in [0.5, 0.6) is 0 Å². The van der Waals surface area contributed by atoms with E-state index in [9.17, 15) is 13.2 Å². The van der Waals surface area contributed by atoms with Crippen LogP contribution in [-0.2, 0) is 9.84 Å². The molecule has 0 fully saturated rings. The molecule has 0 radical (unpaired) electrons. The predicted octanol–water partition coefficient (Wildman–Crippen LogP) is 4.42. The Bertz CT molecular complexity index is 1060. The lowest BCUT2D eigenvalue weighted by molar-refractivity contribution is 0.0991. The largest absolute Gasteiger partial charge is 0.439 e. The number of carbonyl (C=O) groups is 1. The van der Waals surface area contributed by atoms with Gasteiger partial charge in [0.15, 0.2) is 10.1 Å². The summed E-state index contributed by atoms with van der Waals surface area (Å²) >= 11 is 2.85. The van der Waals surface area contributed by atoms with Gasteiger partial charge in [0.1, 0.15) is 0 Å². The molecule has 0 aliphatic carbocycles. The average molecular weight is 438 g/mol. The summed E-state index contributed by atoms with van der Waals surface area (Å²) in [5.74, 6) is 0.255. The smallest absolute Gasteiger partial charge is 0.293 e. The van der Waals surface area contributed by atoms with Crippen LogP contribution >= 0.6 is 23.1 Å². The lowest BCUT2D eigenvalue weighted by atomic mass is 10.2. The molecular weight excluding hydrogens is 418 g/mol. The molecule has 148 valence electrons. The second-order valence-corrected chi connectivity index (χ2v) is 10.2. The summed E-state index contributed by atoms with van der Waals surface area (Å²) in [6.07, 6.45) is 2.18. The number of thioether (sulfide) groups is 1. The molecule has 1 aromatic carbocycles. The molecule has 2 heterocycles. The monoisotopic (exact) mass is 437 g/mol. The zero-order chi connectivity index (χ0) is 20.1. The maximum absolute atomic E-state index is 12.6. The number of sulfone groups is 1. The number of furan rings is 1. The second-order valence-electron chi connectivity index (χ2n) is 5.96. The van der Waals surface area contributed by atoms with Crippen molar-refractivity contribution >= 4 is 44.0 Å². The Morgan fingerprint density at radius 2 is 1.93 bits per heavy atom. The third kappa shape index (κ3) is 4.81. The quantitative estimate of drug-likeness (QED) is 0.316. The number of carbonyl (C=O) groups excluding carboxylic acids is 1. The molecular formula is C18H19N3O4S3. The molecule has 0 atom stereocenters. The van der Waals surface area contributed by atoms with Crippen LogP contribution in [0.3, 0.4) is 0 Å². The number of hydrogen-bond donors (Lipinski definition) is 1. The van der Waals surface area contributed by atoms with Crippen molar-refractivity contribution in [1.29, 1.82) is 0 Å². The molecule has 0 saturated heterocycles.